The molecule has 1 aromatic carbocycles. The molecule has 5 nitrogen and oxygen atoms in total. The molecular weight excluding hydrogens is 346 g/mol. The molecule has 1 saturated heterocycles. The molecule has 0 atom stereocenters. The lowest BCUT2D eigenvalue weighted by atomic mass is 10.1. The smallest absolute Gasteiger partial charge is 0.234 e. The molecule has 0 saturated carbocycles. The molecule has 0 aliphatic carbocycles. The van der Waals surface area contributed by atoms with E-state index in [1.165, 1.54) is 4.88 Å². The van der Waals surface area contributed by atoms with E-state index in [0.717, 1.165) is 43.9 Å². The molecule has 140 valence electrons. The third kappa shape index (κ3) is 5.92. The Morgan fingerprint density at radius 3 is 2.62 bits per heavy atom. The highest BCUT2D eigenvalue weighted by molar-refractivity contribution is 7.09. The van der Waals surface area contributed by atoms with E-state index in [2.05, 4.69) is 38.7 Å². The largest absolute Gasteiger partial charge is 0.380 e. The predicted octanol–water partition coefficient (Wildman–Crippen LogP) is 2.33. The summed E-state index contributed by atoms with van der Waals surface area (Å²) in [6.07, 6.45) is 0. The Kier molecular flexibility index (Phi) is 7.20. The lowest BCUT2D eigenvalue weighted by molar-refractivity contribution is -0.122. The van der Waals surface area contributed by atoms with Crippen LogP contribution in [0.5, 0.6) is 0 Å². The van der Waals surface area contributed by atoms with Gasteiger partial charge in [0.25, 0.3) is 0 Å². The average Bonchev–Trinajstić information content (AvgIpc) is 3.15. The van der Waals surface area contributed by atoms with Crippen molar-refractivity contribution in [3.63, 3.8) is 0 Å². The van der Waals surface area contributed by atoms with Crippen LogP contribution in [-0.2, 0) is 29.2 Å². The fraction of sp³-hybridized carbons (Fsp3) is 0.450. The Morgan fingerprint density at radius 1 is 1.12 bits per heavy atom. The topological polar surface area (TPSA) is 44.8 Å². The second-order valence-electron chi connectivity index (χ2n) is 6.66. The van der Waals surface area contributed by atoms with E-state index in [0.29, 0.717) is 19.7 Å². The van der Waals surface area contributed by atoms with Crippen LogP contribution >= 0.6 is 11.3 Å². The second-order valence-corrected chi connectivity index (χ2v) is 7.69. The molecule has 0 spiro atoms. The van der Waals surface area contributed by atoms with Crippen molar-refractivity contribution in [2.75, 3.05) is 39.8 Å². The van der Waals surface area contributed by atoms with Gasteiger partial charge < -0.3 is 10.1 Å². The summed E-state index contributed by atoms with van der Waals surface area (Å²) in [6.45, 7) is 6.59. The third-order valence-corrected chi connectivity index (χ3v) is 5.44. The maximum Gasteiger partial charge on any atom is 0.234 e. The van der Waals surface area contributed by atoms with Gasteiger partial charge in [-0.3, -0.25) is 14.6 Å². The van der Waals surface area contributed by atoms with Crippen LogP contribution in [0.2, 0.25) is 0 Å². The SMILES string of the molecule is COCc1cccc(CNC(=O)CN2CCN(Cc3cccs3)CC2)c1. The van der Waals surface area contributed by atoms with E-state index >= 15 is 0 Å². The second kappa shape index (κ2) is 9.83. The Hall–Kier alpha value is -1.73. The zero-order chi connectivity index (χ0) is 18.2. The van der Waals surface area contributed by atoms with Crippen LogP contribution < -0.4 is 5.32 Å². The van der Waals surface area contributed by atoms with Gasteiger partial charge in [0, 0.05) is 51.3 Å². The number of nitrogens with zero attached hydrogens (tertiary/aromatic N) is 2. The Balaban J connectivity index is 1.37. The summed E-state index contributed by atoms with van der Waals surface area (Å²) in [5.74, 6) is 0.0915. The molecule has 1 aliphatic heterocycles. The van der Waals surface area contributed by atoms with Crippen LogP contribution in [0, 0.1) is 0 Å². The molecular formula is C20H27N3O2S. The van der Waals surface area contributed by atoms with Crippen LogP contribution in [0.25, 0.3) is 0 Å². The molecule has 1 fully saturated rings. The Morgan fingerprint density at radius 2 is 1.88 bits per heavy atom. The monoisotopic (exact) mass is 373 g/mol. The number of ether oxygens (including phenoxy) is 1. The summed E-state index contributed by atoms with van der Waals surface area (Å²) in [5, 5.41) is 5.16. The van der Waals surface area contributed by atoms with Crippen LogP contribution in [0.1, 0.15) is 16.0 Å². The highest BCUT2D eigenvalue weighted by atomic mass is 32.1. The Bertz CT molecular complexity index is 682. The van der Waals surface area contributed by atoms with Gasteiger partial charge in [-0.1, -0.05) is 30.3 Å². The molecule has 26 heavy (non-hydrogen) atoms. The van der Waals surface area contributed by atoms with Gasteiger partial charge in [0.15, 0.2) is 0 Å². The minimum absolute atomic E-state index is 0.0915. The zero-order valence-corrected chi connectivity index (χ0v) is 16.1. The molecule has 1 aliphatic rings. The van der Waals surface area contributed by atoms with Crippen LogP contribution in [0.3, 0.4) is 0 Å². The molecule has 1 amide bonds. The number of rotatable bonds is 8. The number of carbonyl (C=O) groups is 1. The summed E-state index contributed by atoms with van der Waals surface area (Å²) < 4.78 is 5.15. The maximum absolute atomic E-state index is 12.2. The number of nitrogens with one attached hydrogen (secondary N) is 1. The minimum Gasteiger partial charge on any atom is -0.380 e. The van der Waals surface area contributed by atoms with Gasteiger partial charge in [0.05, 0.1) is 13.2 Å². The van der Waals surface area contributed by atoms with Crippen LogP contribution in [0.4, 0.5) is 0 Å². The molecule has 3 rings (SSSR count). The maximum atomic E-state index is 12.2. The van der Waals surface area contributed by atoms with E-state index < -0.39 is 0 Å². The van der Waals surface area contributed by atoms with Crippen LogP contribution in [0.15, 0.2) is 41.8 Å². The number of hydrogen-bond donors (Lipinski definition) is 1. The van der Waals surface area contributed by atoms with Crippen molar-refractivity contribution in [2.45, 2.75) is 19.7 Å². The first-order chi connectivity index (χ1) is 12.7. The van der Waals surface area contributed by atoms with Crippen molar-refractivity contribution in [1.82, 2.24) is 15.1 Å². The van der Waals surface area contributed by atoms with Gasteiger partial charge >= 0.3 is 0 Å². The molecule has 0 radical (unpaired) electrons. The van der Waals surface area contributed by atoms with Crippen molar-refractivity contribution in [1.29, 1.82) is 0 Å². The van der Waals surface area contributed by atoms with Crippen LogP contribution in [-0.4, -0.2) is 55.5 Å². The van der Waals surface area contributed by atoms with Crippen molar-refractivity contribution in [3.05, 3.63) is 57.8 Å². The van der Waals surface area contributed by atoms with Crippen molar-refractivity contribution < 1.29 is 9.53 Å². The van der Waals surface area contributed by atoms with Gasteiger partial charge in [-0.15, -0.1) is 11.3 Å². The fourth-order valence-electron chi connectivity index (χ4n) is 3.18. The number of methoxy groups -OCH3 is 1. The summed E-state index contributed by atoms with van der Waals surface area (Å²) in [7, 11) is 1.69. The highest BCUT2D eigenvalue weighted by Gasteiger charge is 2.19. The molecule has 2 aromatic rings. The number of amides is 1. The highest BCUT2D eigenvalue weighted by Crippen LogP contribution is 2.13. The van der Waals surface area contributed by atoms with Crippen molar-refractivity contribution >= 4 is 17.2 Å². The first kappa shape index (κ1) is 19.0. The fourth-order valence-corrected chi connectivity index (χ4v) is 3.93. The predicted molar refractivity (Wildman–Crippen MR) is 105 cm³/mol. The van der Waals surface area contributed by atoms with E-state index in [1.807, 2.05) is 29.5 Å². The molecule has 1 N–H and O–H groups in total. The number of benzene rings is 1. The van der Waals surface area contributed by atoms with E-state index in [4.69, 9.17) is 4.74 Å². The minimum atomic E-state index is 0.0915. The molecule has 1 aromatic heterocycles. The summed E-state index contributed by atoms with van der Waals surface area (Å²) in [6, 6.07) is 12.4. The number of carbonyl (C=O) groups excluding carboxylic acids is 1. The number of hydrogen-bond acceptors (Lipinski definition) is 5. The number of thiophene rings is 1. The summed E-state index contributed by atoms with van der Waals surface area (Å²) >= 11 is 1.81. The van der Waals surface area contributed by atoms with Gasteiger partial charge in [-0.25, -0.2) is 0 Å². The average molecular weight is 374 g/mol. The first-order valence-corrected chi connectivity index (χ1v) is 9.91. The van der Waals surface area contributed by atoms with Crippen molar-refractivity contribution in [3.8, 4) is 0 Å². The lowest BCUT2D eigenvalue weighted by Gasteiger charge is -2.34. The van der Waals surface area contributed by atoms with Gasteiger partial charge in [-0.2, -0.15) is 0 Å². The normalized spacial score (nSPS) is 15.9. The molecule has 6 heteroatoms. The molecule has 0 unspecified atom stereocenters. The number of piperazine rings is 1. The zero-order valence-electron chi connectivity index (χ0n) is 15.3. The summed E-state index contributed by atoms with van der Waals surface area (Å²) in [5.41, 5.74) is 2.23. The van der Waals surface area contributed by atoms with Gasteiger partial charge in [-0.05, 0) is 22.6 Å². The third-order valence-electron chi connectivity index (χ3n) is 4.58. The van der Waals surface area contributed by atoms with Gasteiger partial charge in [0.1, 0.15) is 0 Å². The van der Waals surface area contributed by atoms with E-state index in [1.54, 1.807) is 7.11 Å². The van der Waals surface area contributed by atoms with E-state index in [-0.39, 0.29) is 5.91 Å². The standard InChI is InChI=1S/C20H27N3O2S/c1-25-16-18-5-2-4-17(12-18)13-21-20(24)15-23-9-7-22(8-10-23)14-19-6-3-11-26-19/h2-6,11-12H,7-10,13-16H2,1H3,(H,21,24). The summed E-state index contributed by atoms with van der Waals surface area (Å²) in [4.78, 5) is 18.4. The molecule has 2 heterocycles. The Labute approximate surface area is 159 Å². The lowest BCUT2D eigenvalue weighted by Crippen LogP contribution is -2.48. The van der Waals surface area contributed by atoms with Crippen molar-refractivity contribution in [2.24, 2.45) is 0 Å². The van der Waals surface area contributed by atoms with E-state index in [9.17, 15) is 4.79 Å². The quantitative estimate of drug-likeness (QED) is 0.771. The van der Waals surface area contributed by atoms with Gasteiger partial charge in [0.2, 0.25) is 5.91 Å². The molecule has 0 bridgehead atoms. The first-order valence-electron chi connectivity index (χ1n) is 9.03.